The molecule has 1 aromatic carbocycles. The van der Waals surface area contributed by atoms with Crippen LogP contribution in [-0.2, 0) is 10.0 Å². The van der Waals surface area contributed by atoms with E-state index < -0.39 is 15.8 Å². The second-order valence-electron chi connectivity index (χ2n) is 4.01. The van der Waals surface area contributed by atoms with Crippen molar-refractivity contribution in [3.05, 3.63) is 47.9 Å². The van der Waals surface area contributed by atoms with Gasteiger partial charge in [0.05, 0.1) is 10.6 Å². The maximum absolute atomic E-state index is 13.0. The van der Waals surface area contributed by atoms with Crippen LogP contribution in [0.4, 0.5) is 15.9 Å². The van der Waals surface area contributed by atoms with Crippen molar-refractivity contribution in [2.24, 2.45) is 0 Å². The van der Waals surface area contributed by atoms with E-state index in [4.69, 9.17) is 5.73 Å². The van der Waals surface area contributed by atoms with Crippen LogP contribution in [0.2, 0.25) is 0 Å². The zero-order chi connectivity index (χ0) is 14.0. The molecule has 0 spiro atoms. The standard InChI is InChI=1S/C12H12FN3O2S/c1-8-2-5-12(15-7-8)16-19(17,18)9-3-4-10(13)11(14)6-9/h2-7H,14H2,1H3,(H,15,16). The fourth-order valence-corrected chi connectivity index (χ4v) is 2.46. The van der Waals surface area contributed by atoms with Crippen LogP contribution in [-0.4, -0.2) is 13.4 Å². The Morgan fingerprint density at radius 1 is 1.26 bits per heavy atom. The number of nitrogens with zero attached hydrogens (tertiary/aromatic N) is 1. The van der Waals surface area contributed by atoms with E-state index in [0.717, 1.165) is 23.8 Å². The van der Waals surface area contributed by atoms with Gasteiger partial charge in [-0.25, -0.2) is 17.8 Å². The SMILES string of the molecule is Cc1ccc(NS(=O)(=O)c2ccc(F)c(N)c2)nc1. The average Bonchev–Trinajstić information content (AvgIpc) is 2.35. The Kier molecular flexibility index (Phi) is 3.39. The number of aryl methyl sites for hydroxylation is 1. The van der Waals surface area contributed by atoms with Crippen LogP contribution in [0, 0.1) is 12.7 Å². The molecule has 0 aliphatic rings. The summed E-state index contributed by atoms with van der Waals surface area (Å²) in [7, 11) is -3.82. The number of nitrogen functional groups attached to an aromatic ring is 1. The molecule has 0 aliphatic heterocycles. The number of anilines is 2. The highest BCUT2D eigenvalue weighted by molar-refractivity contribution is 7.92. The van der Waals surface area contributed by atoms with Crippen molar-refractivity contribution >= 4 is 21.5 Å². The number of halogens is 1. The molecule has 3 N–H and O–H groups in total. The van der Waals surface area contributed by atoms with Crippen molar-refractivity contribution in [3.8, 4) is 0 Å². The monoisotopic (exact) mass is 281 g/mol. The Balaban J connectivity index is 2.32. The highest BCUT2D eigenvalue weighted by Crippen LogP contribution is 2.19. The van der Waals surface area contributed by atoms with Crippen LogP contribution >= 0.6 is 0 Å². The zero-order valence-electron chi connectivity index (χ0n) is 10.1. The summed E-state index contributed by atoms with van der Waals surface area (Å²) >= 11 is 0. The number of sulfonamides is 1. The summed E-state index contributed by atoms with van der Waals surface area (Å²) in [6, 6.07) is 6.48. The summed E-state index contributed by atoms with van der Waals surface area (Å²) < 4.78 is 39.3. The van der Waals surface area contributed by atoms with E-state index in [1.807, 2.05) is 6.92 Å². The molecule has 5 nitrogen and oxygen atoms in total. The molecular formula is C12H12FN3O2S. The first-order valence-corrected chi connectivity index (χ1v) is 6.87. The molecule has 100 valence electrons. The summed E-state index contributed by atoms with van der Waals surface area (Å²) in [4.78, 5) is 3.82. The summed E-state index contributed by atoms with van der Waals surface area (Å²) in [5.74, 6) is -0.471. The molecule has 0 radical (unpaired) electrons. The number of aromatic nitrogens is 1. The Morgan fingerprint density at radius 3 is 2.58 bits per heavy atom. The van der Waals surface area contributed by atoms with Crippen LogP contribution in [0.3, 0.4) is 0 Å². The minimum absolute atomic E-state index is 0.117. The Morgan fingerprint density at radius 2 is 2.00 bits per heavy atom. The molecular weight excluding hydrogens is 269 g/mol. The lowest BCUT2D eigenvalue weighted by Gasteiger charge is -2.08. The lowest BCUT2D eigenvalue weighted by Crippen LogP contribution is -2.14. The molecule has 0 saturated heterocycles. The van der Waals surface area contributed by atoms with Crippen LogP contribution in [0.25, 0.3) is 0 Å². The Bertz CT molecular complexity index is 699. The fourth-order valence-electron chi connectivity index (χ4n) is 1.41. The van der Waals surface area contributed by atoms with E-state index in [0.29, 0.717) is 0 Å². The van der Waals surface area contributed by atoms with Gasteiger partial charge in [0.2, 0.25) is 0 Å². The normalized spacial score (nSPS) is 11.3. The predicted octanol–water partition coefficient (Wildman–Crippen LogP) is 1.91. The van der Waals surface area contributed by atoms with Crippen molar-refractivity contribution in [1.29, 1.82) is 0 Å². The van der Waals surface area contributed by atoms with Gasteiger partial charge < -0.3 is 5.73 Å². The lowest BCUT2D eigenvalue weighted by atomic mass is 10.3. The van der Waals surface area contributed by atoms with Gasteiger partial charge in [-0.15, -0.1) is 0 Å². The number of benzene rings is 1. The van der Waals surface area contributed by atoms with Crippen molar-refractivity contribution in [3.63, 3.8) is 0 Å². The third-order valence-electron chi connectivity index (χ3n) is 2.43. The van der Waals surface area contributed by atoms with Gasteiger partial charge in [0.15, 0.2) is 0 Å². The molecule has 0 fully saturated rings. The van der Waals surface area contributed by atoms with Gasteiger partial charge in [0.25, 0.3) is 10.0 Å². The van der Waals surface area contributed by atoms with Gasteiger partial charge in [-0.2, -0.15) is 0 Å². The van der Waals surface area contributed by atoms with Crippen LogP contribution in [0.5, 0.6) is 0 Å². The maximum atomic E-state index is 13.0. The molecule has 0 saturated carbocycles. The molecule has 2 rings (SSSR count). The van der Waals surface area contributed by atoms with E-state index in [9.17, 15) is 12.8 Å². The zero-order valence-corrected chi connectivity index (χ0v) is 10.9. The highest BCUT2D eigenvalue weighted by Gasteiger charge is 2.16. The third kappa shape index (κ3) is 3.00. The molecule has 19 heavy (non-hydrogen) atoms. The first-order chi connectivity index (χ1) is 8.88. The molecule has 0 aliphatic carbocycles. The summed E-state index contributed by atoms with van der Waals surface area (Å²) in [5, 5.41) is 0. The molecule has 0 bridgehead atoms. The molecule has 0 unspecified atom stereocenters. The number of rotatable bonds is 3. The van der Waals surface area contributed by atoms with Crippen molar-refractivity contribution < 1.29 is 12.8 Å². The first-order valence-electron chi connectivity index (χ1n) is 5.39. The average molecular weight is 281 g/mol. The van der Waals surface area contributed by atoms with Crippen LogP contribution < -0.4 is 10.5 Å². The summed E-state index contributed by atoms with van der Waals surface area (Å²) in [6.07, 6.45) is 1.54. The van der Waals surface area contributed by atoms with Crippen LogP contribution in [0.1, 0.15) is 5.56 Å². The van der Waals surface area contributed by atoms with Crippen molar-refractivity contribution in [1.82, 2.24) is 4.98 Å². The minimum Gasteiger partial charge on any atom is -0.396 e. The van der Waals surface area contributed by atoms with Gasteiger partial charge >= 0.3 is 0 Å². The lowest BCUT2D eigenvalue weighted by molar-refractivity contribution is 0.600. The summed E-state index contributed by atoms with van der Waals surface area (Å²) in [6.45, 7) is 1.84. The van der Waals surface area contributed by atoms with E-state index in [1.54, 1.807) is 12.1 Å². The van der Waals surface area contributed by atoms with Gasteiger partial charge in [-0.3, -0.25) is 4.72 Å². The van der Waals surface area contributed by atoms with E-state index in [1.165, 1.54) is 6.20 Å². The number of nitrogens with two attached hydrogens (primary N) is 1. The molecule has 1 aromatic heterocycles. The molecule has 0 amide bonds. The van der Waals surface area contributed by atoms with E-state index in [-0.39, 0.29) is 16.4 Å². The largest absolute Gasteiger partial charge is 0.396 e. The molecule has 1 heterocycles. The van der Waals surface area contributed by atoms with E-state index >= 15 is 0 Å². The van der Waals surface area contributed by atoms with Crippen molar-refractivity contribution in [2.75, 3.05) is 10.5 Å². The molecule has 7 heteroatoms. The third-order valence-corrected chi connectivity index (χ3v) is 3.78. The van der Waals surface area contributed by atoms with Gasteiger partial charge in [0.1, 0.15) is 11.6 Å². The fraction of sp³-hybridized carbons (Fsp3) is 0.0833. The number of hydrogen-bond acceptors (Lipinski definition) is 4. The topological polar surface area (TPSA) is 85.1 Å². The maximum Gasteiger partial charge on any atom is 0.263 e. The summed E-state index contributed by atoms with van der Waals surface area (Å²) in [5.41, 5.74) is 6.04. The predicted molar refractivity (Wildman–Crippen MR) is 70.6 cm³/mol. The highest BCUT2D eigenvalue weighted by atomic mass is 32.2. The second-order valence-corrected chi connectivity index (χ2v) is 5.69. The number of hydrogen-bond donors (Lipinski definition) is 2. The van der Waals surface area contributed by atoms with Gasteiger partial charge in [0, 0.05) is 6.20 Å². The Hall–Kier alpha value is -2.15. The second kappa shape index (κ2) is 4.85. The smallest absolute Gasteiger partial charge is 0.263 e. The quantitative estimate of drug-likeness (QED) is 0.842. The Labute approximate surface area is 110 Å². The van der Waals surface area contributed by atoms with Crippen molar-refractivity contribution in [2.45, 2.75) is 11.8 Å². The number of pyridine rings is 1. The van der Waals surface area contributed by atoms with Crippen LogP contribution in [0.15, 0.2) is 41.4 Å². The van der Waals surface area contributed by atoms with Gasteiger partial charge in [-0.05, 0) is 36.8 Å². The number of nitrogens with one attached hydrogen (secondary N) is 1. The molecule has 0 atom stereocenters. The first kappa shape index (κ1) is 13.3. The minimum atomic E-state index is -3.82. The molecule has 2 aromatic rings. The van der Waals surface area contributed by atoms with E-state index in [2.05, 4.69) is 9.71 Å². The van der Waals surface area contributed by atoms with Gasteiger partial charge in [-0.1, -0.05) is 6.07 Å².